The molecule has 0 bridgehead atoms. The van der Waals surface area contributed by atoms with Crippen LogP contribution in [0.15, 0.2) is 18.2 Å². The van der Waals surface area contributed by atoms with Gasteiger partial charge in [-0.1, -0.05) is 26.0 Å². The van der Waals surface area contributed by atoms with Gasteiger partial charge in [-0.2, -0.15) is 0 Å². The minimum Gasteiger partial charge on any atom is -0.496 e. The summed E-state index contributed by atoms with van der Waals surface area (Å²) in [6, 6.07) is 5.85. The number of ether oxygens (including phenoxy) is 1. The van der Waals surface area contributed by atoms with Crippen LogP contribution >= 0.6 is 0 Å². The second-order valence-electron chi connectivity index (χ2n) is 3.62. The molecule has 1 aliphatic rings. The summed E-state index contributed by atoms with van der Waals surface area (Å²) in [7, 11) is 1.62. The highest BCUT2D eigenvalue weighted by molar-refractivity contribution is 6.00. The number of ketones is 1. The van der Waals surface area contributed by atoms with Gasteiger partial charge in [-0.05, 0) is 30.9 Å². The number of benzene rings is 1. The maximum absolute atomic E-state index is 11.8. The maximum Gasteiger partial charge on any atom is 0.166 e. The highest BCUT2D eigenvalue weighted by Gasteiger charge is 2.19. The van der Waals surface area contributed by atoms with Crippen LogP contribution < -0.4 is 4.74 Å². The lowest BCUT2D eigenvalue weighted by atomic mass is 10.0. The van der Waals surface area contributed by atoms with E-state index in [1.54, 1.807) is 7.11 Å². The fourth-order valence-corrected chi connectivity index (χ4v) is 2.00. The Morgan fingerprint density at radius 3 is 2.50 bits per heavy atom. The summed E-state index contributed by atoms with van der Waals surface area (Å²) < 4.78 is 5.22. The lowest BCUT2D eigenvalue weighted by Gasteiger charge is -2.09. The van der Waals surface area contributed by atoms with Crippen LogP contribution in [-0.2, 0) is 6.42 Å². The quantitative estimate of drug-likeness (QED) is 0.675. The Balaban J connectivity index is 0.000000606. The summed E-state index contributed by atoms with van der Waals surface area (Å²) in [4.78, 5) is 11.8. The average molecular weight is 220 g/mol. The van der Waals surface area contributed by atoms with Crippen molar-refractivity contribution in [2.75, 3.05) is 7.11 Å². The van der Waals surface area contributed by atoms with Crippen molar-refractivity contribution in [2.24, 2.45) is 0 Å². The van der Waals surface area contributed by atoms with Crippen LogP contribution in [0, 0.1) is 0 Å². The standard InChI is InChI=1S/C12H14O2.C2H6/c1-14-11-8-4-6-9-5-2-3-7-10(13)12(9)11;1-2/h4,6,8H,2-3,5,7H2,1H3;1-2H3. The molecule has 2 nitrogen and oxygen atoms in total. The highest BCUT2D eigenvalue weighted by atomic mass is 16.5. The van der Waals surface area contributed by atoms with Crippen molar-refractivity contribution in [3.63, 3.8) is 0 Å². The minimum atomic E-state index is 0.231. The van der Waals surface area contributed by atoms with E-state index in [-0.39, 0.29) is 5.78 Å². The molecule has 0 amide bonds. The van der Waals surface area contributed by atoms with E-state index in [1.165, 1.54) is 0 Å². The lowest BCUT2D eigenvalue weighted by molar-refractivity contribution is 0.0979. The molecule has 2 heteroatoms. The molecular formula is C14H20O2. The van der Waals surface area contributed by atoms with Gasteiger partial charge >= 0.3 is 0 Å². The van der Waals surface area contributed by atoms with Crippen LogP contribution in [0.2, 0.25) is 0 Å². The maximum atomic E-state index is 11.8. The normalized spacial score (nSPS) is 14.3. The van der Waals surface area contributed by atoms with E-state index in [0.717, 1.165) is 36.1 Å². The van der Waals surface area contributed by atoms with Gasteiger partial charge in [0.25, 0.3) is 0 Å². The first-order chi connectivity index (χ1) is 7.83. The van der Waals surface area contributed by atoms with Crippen LogP contribution in [0.3, 0.4) is 0 Å². The molecule has 0 saturated heterocycles. The number of fused-ring (bicyclic) bond motifs is 1. The molecule has 0 N–H and O–H groups in total. The van der Waals surface area contributed by atoms with Crippen LogP contribution in [0.5, 0.6) is 5.75 Å². The topological polar surface area (TPSA) is 26.3 Å². The van der Waals surface area contributed by atoms with E-state index in [0.29, 0.717) is 6.42 Å². The van der Waals surface area contributed by atoms with E-state index in [9.17, 15) is 4.79 Å². The van der Waals surface area contributed by atoms with Crippen molar-refractivity contribution >= 4 is 5.78 Å². The van der Waals surface area contributed by atoms with E-state index < -0.39 is 0 Å². The molecule has 1 aromatic carbocycles. The van der Waals surface area contributed by atoms with E-state index in [2.05, 4.69) is 0 Å². The van der Waals surface area contributed by atoms with E-state index >= 15 is 0 Å². The van der Waals surface area contributed by atoms with Crippen LogP contribution in [0.4, 0.5) is 0 Å². The summed E-state index contributed by atoms with van der Waals surface area (Å²) in [5.74, 6) is 0.962. The first-order valence-corrected chi connectivity index (χ1v) is 6.02. The molecule has 0 saturated carbocycles. The first-order valence-electron chi connectivity index (χ1n) is 6.02. The molecule has 0 aliphatic heterocycles. The SMILES string of the molecule is CC.COc1cccc2c1C(=O)CCCC2. The fourth-order valence-electron chi connectivity index (χ4n) is 2.00. The average Bonchev–Trinajstić information content (AvgIpc) is 2.54. The van der Waals surface area contributed by atoms with Crippen molar-refractivity contribution in [2.45, 2.75) is 39.5 Å². The van der Waals surface area contributed by atoms with Gasteiger partial charge in [-0.25, -0.2) is 0 Å². The zero-order valence-electron chi connectivity index (χ0n) is 10.4. The molecule has 16 heavy (non-hydrogen) atoms. The Morgan fingerprint density at radius 1 is 1.12 bits per heavy atom. The third-order valence-electron chi connectivity index (χ3n) is 2.71. The van der Waals surface area contributed by atoms with E-state index in [4.69, 9.17) is 4.74 Å². The predicted molar refractivity (Wildman–Crippen MR) is 66.2 cm³/mol. The van der Waals surface area contributed by atoms with Gasteiger partial charge in [0.15, 0.2) is 5.78 Å². The third kappa shape index (κ3) is 2.63. The van der Waals surface area contributed by atoms with Gasteiger partial charge in [-0.15, -0.1) is 0 Å². The molecule has 0 aromatic heterocycles. The molecule has 0 atom stereocenters. The van der Waals surface area contributed by atoms with Gasteiger partial charge < -0.3 is 4.74 Å². The Kier molecular flexibility index (Phi) is 5.03. The summed E-state index contributed by atoms with van der Waals surface area (Å²) >= 11 is 0. The van der Waals surface area contributed by atoms with Gasteiger partial charge in [0, 0.05) is 6.42 Å². The number of hydrogen-bond acceptors (Lipinski definition) is 2. The molecule has 1 aromatic rings. The molecule has 0 radical (unpaired) electrons. The first kappa shape index (κ1) is 12.8. The monoisotopic (exact) mass is 220 g/mol. The van der Waals surface area contributed by atoms with Crippen molar-refractivity contribution in [3.05, 3.63) is 29.3 Å². The largest absolute Gasteiger partial charge is 0.496 e. The predicted octanol–water partition coefficient (Wildman–Crippen LogP) is 3.63. The van der Waals surface area contributed by atoms with Crippen molar-refractivity contribution < 1.29 is 9.53 Å². The fraction of sp³-hybridized carbons (Fsp3) is 0.500. The Morgan fingerprint density at radius 2 is 1.81 bits per heavy atom. The van der Waals surface area contributed by atoms with E-state index in [1.807, 2.05) is 32.0 Å². The lowest BCUT2D eigenvalue weighted by Crippen LogP contribution is -2.03. The number of carbonyl (C=O) groups is 1. The van der Waals surface area contributed by atoms with Gasteiger partial charge in [0.05, 0.1) is 12.7 Å². The second-order valence-corrected chi connectivity index (χ2v) is 3.62. The molecule has 2 rings (SSSR count). The number of carbonyl (C=O) groups excluding carboxylic acids is 1. The summed E-state index contributed by atoms with van der Waals surface area (Å²) in [5.41, 5.74) is 1.96. The van der Waals surface area contributed by atoms with Gasteiger partial charge in [0.2, 0.25) is 0 Å². The van der Waals surface area contributed by atoms with Crippen LogP contribution in [0.25, 0.3) is 0 Å². The molecule has 0 spiro atoms. The minimum absolute atomic E-state index is 0.231. The Hall–Kier alpha value is -1.31. The molecule has 1 aliphatic carbocycles. The van der Waals surface area contributed by atoms with Gasteiger partial charge in [0.1, 0.15) is 5.75 Å². The van der Waals surface area contributed by atoms with Crippen LogP contribution in [0.1, 0.15) is 49.0 Å². The molecule has 0 heterocycles. The number of hydrogen-bond donors (Lipinski definition) is 0. The molecular weight excluding hydrogens is 200 g/mol. The van der Waals surface area contributed by atoms with Gasteiger partial charge in [-0.3, -0.25) is 4.79 Å². The number of rotatable bonds is 1. The zero-order chi connectivity index (χ0) is 12.0. The van der Waals surface area contributed by atoms with Crippen molar-refractivity contribution in [1.29, 1.82) is 0 Å². The van der Waals surface area contributed by atoms with Crippen molar-refractivity contribution in [1.82, 2.24) is 0 Å². The second kappa shape index (κ2) is 6.31. The summed E-state index contributed by atoms with van der Waals surface area (Å²) in [6.45, 7) is 4.00. The summed E-state index contributed by atoms with van der Waals surface area (Å²) in [5, 5.41) is 0. The Labute approximate surface area is 97.6 Å². The number of Topliss-reactive ketones (excluding diaryl/α,β-unsaturated/α-hetero) is 1. The van der Waals surface area contributed by atoms with Crippen LogP contribution in [-0.4, -0.2) is 12.9 Å². The van der Waals surface area contributed by atoms with Crippen molar-refractivity contribution in [3.8, 4) is 5.75 Å². The molecule has 0 unspecified atom stereocenters. The zero-order valence-corrected chi connectivity index (χ0v) is 10.4. The Bertz CT molecular complexity index is 356. The summed E-state index contributed by atoms with van der Waals surface area (Å²) in [6.07, 6.45) is 3.76. The smallest absolute Gasteiger partial charge is 0.166 e. The highest BCUT2D eigenvalue weighted by Crippen LogP contribution is 2.28. The number of methoxy groups -OCH3 is 1. The number of aryl methyl sites for hydroxylation is 1. The third-order valence-corrected chi connectivity index (χ3v) is 2.71. The molecule has 0 fully saturated rings. The molecule has 88 valence electrons.